The monoisotopic (exact) mass is 380 g/mol. The van der Waals surface area contributed by atoms with E-state index in [1.165, 1.54) is 13.2 Å². The van der Waals surface area contributed by atoms with Crippen LogP contribution in [0.25, 0.3) is 11.4 Å². The number of nitrogens with one attached hydrogen (secondary N) is 1. The number of anilines is 1. The summed E-state index contributed by atoms with van der Waals surface area (Å²) >= 11 is 0. The van der Waals surface area contributed by atoms with Crippen molar-refractivity contribution in [1.29, 1.82) is 0 Å². The Bertz CT molecular complexity index is 963. The summed E-state index contributed by atoms with van der Waals surface area (Å²) in [5, 5.41) is 6.80. The zero-order chi connectivity index (χ0) is 19.5. The number of benzene rings is 1. The van der Waals surface area contributed by atoms with Gasteiger partial charge in [0.15, 0.2) is 5.76 Å². The quantitative estimate of drug-likeness (QED) is 0.745. The first kappa shape index (κ1) is 18.0. The maximum absolute atomic E-state index is 12.5. The number of carbonyl (C=O) groups is 2. The predicted molar refractivity (Wildman–Crippen MR) is 101 cm³/mol. The Kier molecular flexibility index (Phi) is 4.92. The molecule has 0 radical (unpaired) electrons. The summed E-state index contributed by atoms with van der Waals surface area (Å²) in [5.41, 5.74) is 1.50. The largest absolute Gasteiger partial charge is 0.459 e. The van der Waals surface area contributed by atoms with Gasteiger partial charge in [0.2, 0.25) is 17.6 Å². The maximum atomic E-state index is 12.5. The Balaban J connectivity index is 1.46. The van der Waals surface area contributed by atoms with Gasteiger partial charge in [-0.3, -0.25) is 9.59 Å². The molecule has 1 fully saturated rings. The van der Waals surface area contributed by atoms with Crippen LogP contribution >= 0.6 is 0 Å². The van der Waals surface area contributed by atoms with Crippen molar-refractivity contribution in [2.24, 2.45) is 0 Å². The molecule has 8 nitrogen and oxygen atoms in total. The second kappa shape index (κ2) is 7.67. The van der Waals surface area contributed by atoms with E-state index >= 15 is 0 Å². The first-order chi connectivity index (χ1) is 13.6. The first-order valence-corrected chi connectivity index (χ1v) is 9.14. The molecule has 8 heteroatoms. The molecular formula is C20H20N4O4. The van der Waals surface area contributed by atoms with Crippen molar-refractivity contribution in [2.75, 3.05) is 18.4 Å². The zero-order valence-electron chi connectivity index (χ0n) is 15.4. The van der Waals surface area contributed by atoms with E-state index in [1.807, 2.05) is 12.1 Å². The zero-order valence-corrected chi connectivity index (χ0v) is 15.4. The van der Waals surface area contributed by atoms with Crippen LogP contribution in [0.15, 0.2) is 51.6 Å². The number of furan rings is 1. The SMILES string of the molecule is CC(=O)Nc1ccc(-c2noc(C3CCCN(C(=O)c4ccco4)C3)n2)cc1. The van der Waals surface area contributed by atoms with E-state index in [4.69, 9.17) is 8.94 Å². The Morgan fingerprint density at radius 3 is 2.75 bits per heavy atom. The number of piperidine rings is 1. The summed E-state index contributed by atoms with van der Waals surface area (Å²) < 4.78 is 10.7. The average Bonchev–Trinajstić information content (AvgIpc) is 3.40. The van der Waals surface area contributed by atoms with E-state index in [-0.39, 0.29) is 17.7 Å². The molecule has 2 amide bonds. The molecule has 2 aromatic heterocycles. The summed E-state index contributed by atoms with van der Waals surface area (Å²) in [6.07, 6.45) is 3.24. The molecule has 3 heterocycles. The Morgan fingerprint density at radius 1 is 1.21 bits per heavy atom. The molecule has 1 aromatic carbocycles. The van der Waals surface area contributed by atoms with E-state index in [0.29, 0.717) is 36.3 Å². The second-order valence-electron chi connectivity index (χ2n) is 6.78. The number of rotatable bonds is 4. The Labute approximate surface area is 161 Å². The molecule has 4 rings (SSSR count). The number of hydrogen-bond acceptors (Lipinski definition) is 6. The fourth-order valence-corrected chi connectivity index (χ4v) is 3.34. The molecular weight excluding hydrogens is 360 g/mol. The van der Waals surface area contributed by atoms with E-state index in [0.717, 1.165) is 18.4 Å². The number of hydrogen-bond donors (Lipinski definition) is 1. The van der Waals surface area contributed by atoms with Gasteiger partial charge in [0.25, 0.3) is 5.91 Å². The van der Waals surface area contributed by atoms with E-state index in [9.17, 15) is 9.59 Å². The van der Waals surface area contributed by atoms with Gasteiger partial charge >= 0.3 is 0 Å². The molecule has 1 aliphatic heterocycles. The fourth-order valence-electron chi connectivity index (χ4n) is 3.34. The molecule has 1 unspecified atom stereocenters. The smallest absolute Gasteiger partial charge is 0.289 e. The molecule has 0 aliphatic carbocycles. The van der Waals surface area contributed by atoms with Crippen molar-refractivity contribution < 1.29 is 18.5 Å². The number of aromatic nitrogens is 2. The van der Waals surface area contributed by atoms with Crippen LogP contribution in [0.5, 0.6) is 0 Å². The molecule has 3 aromatic rings. The van der Waals surface area contributed by atoms with Crippen molar-refractivity contribution in [3.63, 3.8) is 0 Å². The normalized spacial score (nSPS) is 16.8. The van der Waals surface area contributed by atoms with Gasteiger partial charge < -0.3 is 19.2 Å². The minimum atomic E-state index is -0.124. The molecule has 1 saturated heterocycles. The van der Waals surface area contributed by atoms with Gasteiger partial charge in [-0.15, -0.1) is 0 Å². The summed E-state index contributed by atoms with van der Waals surface area (Å²) in [7, 11) is 0. The minimum absolute atomic E-state index is 0.00688. The van der Waals surface area contributed by atoms with Crippen molar-refractivity contribution in [3.05, 3.63) is 54.3 Å². The second-order valence-corrected chi connectivity index (χ2v) is 6.78. The third-order valence-electron chi connectivity index (χ3n) is 4.70. The van der Waals surface area contributed by atoms with Crippen LogP contribution < -0.4 is 5.32 Å². The molecule has 0 bridgehead atoms. The van der Waals surface area contributed by atoms with Gasteiger partial charge in [-0.1, -0.05) is 5.16 Å². The van der Waals surface area contributed by atoms with E-state index in [2.05, 4.69) is 15.5 Å². The van der Waals surface area contributed by atoms with Crippen LogP contribution in [0.1, 0.15) is 42.1 Å². The highest BCUT2D eigenvalue weighted by Crippen LogP contribution is 2.28. The summed E-state index contributed by atoms with van der Waals surface area (Å²) in [6.45, 7) is 2.66. The van der Waals surface area contributed by atoms with E-state index < -0.39 is 0 Å². The number of carbonyl (C=O) groups excluding carboxylic acids is 2. The molecule has 144 valence electrons. The summed E-state index contributed by atoms with van der Waals surface area (Å²) in [6, 6.07) is 10.6. The highest BCUT2D eigenvalue weighted by atomic mass is 16.5. The standard InChI is InChI=1S/C20H20N4O4/c1-13(25)21-16-8-6-14(7-9-16)18-22-19(28-23-18)15-4-2-10-24(12-15)20(26)17-5-3-11-27-17/h3,5-9,11,15H,2,4,10,12H2,1H3,(H,21,25). The molecule has 0 saturated carbocycles. The number of nitrogens with zero attached hydrogens (tertiary/aromatic N) is 3. The van der Waals surface area contributed by atoms with Crippen LogP contribution in [0.3, 0.4) is 0 Å². The molecule has 28 heavy (non-hydrogen) atoms. The van der Waals surface area contributed by atoms with Crippen LogP contribution in [-0.4, -0.2) is 39.9 Å². The van der Waals surface area contributed by atoms with Crippen molar-refractivity contribution >= 4 is 17.5 Å². The predicted octanol–water partition coefficient (Wildman–Crippen LogP) is 3.31. The minimum Gasteiger partial charge on any atom is -0.459 e. The third-order valence-corrected chi connectivity index (χ3v) is 4.70. The van der Waals surface area contributed by atoms with Crippen LogP contribution in [0.4, 0.5) is 5.69 Å². The fraction of sp³-hybridized carbons (Fsp3) is 0.300. The first-order valence-electron chi connectivity index (χ1n) is 9.14. The van der Waals surface area contributed by atoms with Crippen LogP contribution in [-0.2, 0) is 4.79 Å². The van der Waals surface area contributed by atoms with Crippen LogP contribution in [0, 0.1) is 0 Å². The lowest BCUT2D eigenvalue weighted by Crippen LogP contribution is -2.39. The summed E-state index contributed by atoms with van der Waals surface area (Å²) in [4.78, 5) is 29.9. The lowest BCUT2D eigenvalue weighted by atomic mass is 9.97. The molecule has 0 spiro atoms. The highest BCUT2D eigenvalue weighted by Gasteiger charge is 2.30. The Morgan fingerprint density at radius 2 is 2.04 bits per heavy atom. The number of likely N-dealkylation sites (tertiary alicyclic amines) is 1. The van der Waals surface area contributed by atoms with E-state index in [1.54, 1.807) is 29.2 Å². The number of amides is 2. The van der Waals surface area contributed by atoms with Gasteiger partial charge in [-0.05, 0) is 49.2 Å². The molecule has 1 aliphatic rings. The lowest BCUT2D eigenvalue weighted by Gasteiger charge is -2.30. The molecule has 1 N–H and O–H groups in total. The topological polar surface area (TPSA) is 101 Å². The maximum Gasteiger partial charge on any atom is 0.289 e. The van der Waals surface area contributed by atoms with Crippen molar-refractivity contribution in [2.45, 2.75) is 25.7 Å². The van der Waals surface area contributed by atoms with Gasteiger partial charge in [0.05, 0.1) is 12.2 Å². The van der Waals surface area contributed by atoms with Crippen LogP contribution in [0.2, 0.25) is 0 Å². The van der Waals surface area contributed by atoms with Crippen molar-refractivity contribution in [1.82, 2.24) is 15.0 Å². The summed E-state index contributed by atoms with van der Waals surface area (Å²) in [5.74, 6) is 1.10. The average molecular weight is 380 g/mol. The Hall–Kier alpha value is -3.42. The van der Waals surface area contributed by atoms with Gasteiger partial charge in [-0.25, -0.2) is 0 Å². The van der Waals surface area contributed by atoms with Gasteiger partial charge in [0, 0.05) is 31.3 Å². The van der Waals surface area contributed by atoms with Crippen molar-refractivity contribution in [3.8, 4) is 11.4 Å². The highest BCUT2D eigenvalue weighted by molar-refractivity contribution is 5.91. The van der Waals surface area contributed by atoms with Gasteiger partial charge in [-0.2, -0.15) is 4.98 Å². The lowest BCUT2D eigenvalue weighted by molar-refractivity contribution is -0.114. The molecule has 1 atom stereocenters. The third kappa shape index (κ3) is 3.80. The van der Waals surface area contributed by atoms with Gasteiger partial charge in [0.1, 0.15) is 0 Å².